The van der Waals surface area contributed by atoms with Crippen molar-refractivity contribution in [2.24, 2.45) is 0 Å². The van der Waals surface area contributed by atoms with Gasteiger partial charge in [-0.05, 0) is 60.3 Å². The minimum atomic E-state index is -0.351. The van der Waals surface area contributed by atoms with E-state index < -0.39 is 0 Å². The molecule has 0 radical (unpaired) electrons. The SMILES string of the molecule is Cc1cc(C(=O)NSCc2ccc(Br)cc2F)ccc1F. The summed E-state index contributed by atoms with van der Waals surface area (Å²) in [6, 6.07) is 8.92. The molecule has 0 saturated carbocycles. The van der Waals surface area contributed by atoms with Gasteiger partial charge < -0.3 is 0 Å². The normalized spacial score (nSPS) is 10.5. The maximum atomic E-state index is 13.6. The van der Waals surface area contributed by atoms with E-state index >= 15 is 0 Å². The highest BCUT2D eigenvalue weighted by Gasteiger charge is 2.09. The van der Waals surface area contributed by atoms with Crippen LogP contribution in [0, 0.1) is 18.6 Å². The molecule has 2 aromatic carbocycles. The Morgan fingerprint density at radius 2 is 1.95 bits per heavy atom. The smallest absolute Gasteiger partial charge is 0.261 e. The van der Waals surface area contributed by atoms with E-state index in [0.29, 0.717) is 26.9 Å². The fourth-order valence-corrected chi connectivity index (χ4v) is 2.71. The van der Waals surface area contributed by atoms with E-state index in [-0.39, 0.29) is 17.5 Å². The molecular weight excluding hydrogens is 360 g/mol. The molecule has 0 unspecified atom stereocenters. The standard InChI is InChI=1S/C15H12BrF2NOS/c1-9-6-10(3-5-13(9)17)15(20)19-21-8-11-2-4-12(16)7-14(11)18/h2-7H,8H2,1H3,(H,19,20). The zero-order valence-electron chi connectivity index (χ0n) is 11.1. The van der Waals surface area contributed by atoms with Crippen molar-refractivity contribution in [1.29, 1.82) is 0 Å². The predicted octanol–water partition coefficient (Wildman–Crippen LogP) is 4.61. The first-order valence-corrected chi connectivity index (χ1v) is 7.87. The molecule has 0 aliphatic carbocycles. The van der Waals surface area contributed by atoms with Crippen LogP contribution < -0.4 is 4.72 Å². The number of nitrogens with one attached hydrogen (secondary N) is 1. The molecule has 0 spiro atoms. The van der Waals surface area contributed by atoms with E-state index in [0.717, 1.165) is 11.9 Å². The summed E-state index contributed by atoms with van der Waals surface area (Å²) in [7, 11) is 0. The number of hydrogen-bond acceptors (Lipinski definition) is 2. The van der Waals surface area contributed by atoms with E-state index in [1.54, 1.807) is 19.1 Å². The topological polar surface area (TPSA) is 29.1 Å². The summed E-state index contributed by atoms with van der Waals surface area (Å²) < 4.78 is 30.0. The zero-order valence-corrected chi connectivity index (χ0v) is 13.5. The highest BCUT2D eigenvalue weighted by molar-refractivity contribution is 9.10. The number of carbonyl (C=O) groups is 1. The van der Waals surface area contributed by atoms with Crippen LogP contribution in [-0.2, 0) is 5.75 Å². The van der Waals surface area contributed by atoms with E-state index in [4.69, 9.17) is 0 Å². The summed E-state index contributed by atoms with van der Waals surface area (Å²) >= 11 is 4.27. The zero-order chi connectivity index (χ0) is 15.4. The molecule has 21 heavy (non-hydrogen) atoms. The van der Waals surface area contributed by atoms with Gasteiger partial charge in [0.2, 0.25) is 0 Å². The largest absolute Gasteiger partial charge is 0.296 e. The molecule has 0 bridgehead atoms. The Balaban J connectivity index is 1.93. The van der Waals surface area contributed by atoms with Crippen molar-refractivity contribution in [3.8, 4) is 0 Å². The number of halogens is 3. The van der Waals surface area contributed by atoms with E-state index in [1.165, 1.54) is 24.3 Å². The molecule has 1 amide bonds. The Morgan fingerprint density at radius 1 is 1.19 bits per heavy atom. The highest BCUT2D eigenvalue weighted by Crippen LogP contribution is 2.19. The van der Waals surface area contributed by atoms with Crippen LogP contribution in [0.3, 0.4) is 0 Å². The fourth-order valence-electron chi connectivity index (χ4n) is 1.66. The summed E-state index contributed by atoms with van der Waals surface area (Å²) in [5.41, 5.74) is 1.28. The molecule has 6 heteroatoms. The molecule has 0 aliphatic heterocycles. The van der Waals surface area contributed by atoms with Gasteiger partial charge in [0, 0.05) is 15.8 Å². The first kappa shape index (κ1) is 16.0. The highest BCUT2D eigenvalue weighted by atomic mass is 79.9. The molecule has 2 nitrogen and oxygen atoms in total. The lowest BCUT2D eigenvalue weighted by atomic mass is 10.1. The lowest BCUT2D eigenvalue weighted by molar-refractivity contribution is 0.0984. The summed E-state index contributed by atoms with van der Waals surface area (Å²) in [5, 5.41) is 0. The third kappa shape index (κ3) is 4.28. The van der Waals surface area contributed by atoms with E-state index in [2.05, 4.69) is 20.7 Å². The number of rotatable bonds is 4. The van der Waals surface area contributed by atoms with Crippen LogP contribution in [0.5, 0.6) is 0 Å². The van der Waals surface area contributed by atoms with E-state index in [1.807, 2.05) is 0 Å². The monoisotopic (exact) mass is 371 g/mol. The van der Waals surface area contributed by atoms with Crippen molar-refractivity contribution < 1.29 is 13.6 Å². The van der Waals surface area contributed by atoms with E-state index in [9.17, 15) is 13.6 Å². The number of carbonyl (C=O) groups excluding carboxylic acids is 1. The average Bonchev–Trinajstić information content (AvgIpc) is 2.44. The van der Waals surface area contributed by atoms with Gasteiger partial charge in [0.15, 0.2) is 0 Å². The average molecular weight is 372 g/mol. The molecule has 0 aliphatic rings. The molecule has 0 fully saturated rings. The van der Waals surface area contributed by atoms with Crippen LogP contribution in [-0.4, -0.2) is 5.91 Å². The van der Waals surface area contributed by atoms with Crippen LogP contribution >= 0.6 is 27.9 Å². The molecule has 0 atom stereocenters. The Morgan fingerprint density at radius 3 is 2.62 bits per heavy atom. The van der Waals surface area contributed by atoms with Crippen LogP contribution in [0.2, 0.25) is 0 Å². The molecule has 0 aromatic heterocycles. The van der Waals surface area contributed by atoms with Gasteiger partial charge in [-0.2, -0.15) is 0 Å². The maximum Gasteiger partial charge on any atom is 0.261 e. The van der Waals surface area contributed by atoms with Crippen LogP contribution in [0.4, 0.5) is 8.78 Å². The minimum absolute atomic E-state index is 0.311. The second-order valence-corrected chi connectivity index (χ2v) is 6.12. The van der Waals surface area contributed by atoms with Gasteiger partial charge in [-0.3, -0.25) is 9.52 Å². The number of amides is 1. The van der Waals surface area contributed by atoms with Crippen molar-refractivity contribution in [2.75, 3.05) is 0 Å². The van der Waals surface area contributed by atoms with Crippen molar-refractivity contribution in [2.45, 2.75) is 12.7 Å². The van der Waals surface area contributed by atoms with Crippen LogP contribution in [0.25, 0.3) is 0 Å². The van der Waals surface area contributed by atoms with Gasteiger partial charge in [-0.25, -0.2) is 8.78 Å². The lowest BCUT2D eigenvalue weighted by Gasteiger charge is -2.06. The second-order valence-electron chi connectivity index (χ2n) is 4.42. The number of benzene rings is 2. The quantitative estimate of drug-likeness (QED) is 0.794. The molecule has 0 saturated heterocycles. The van der Waals surface area contributed by atoms with Crippen LogP contribution in [0.15, 0.2) is 40.9 Å². The van der Waals surface area contributed by atoms with Crippen molar-refractivity contribution >= 4 is 33.8 Å². The molecule has 2 rings (SSSR count). The van der Waals surface area contributed by atoms with Gasteiger partial charge >= 0.3 is 0 Å². The van der Waals surface area contributed by atoms with Crippen LogP contribution in [0.1, 0.15) is 21.5 Å². The van der Waals surface area contributed by atoms with Gasteiger partial charge in [-0.1, -0.05) is 22.0 Å². The summed E-state index contributed by atoms with van der Waals surface area (Å²) in [5.74, 6) is -0.703. The van der Waals surface area contributed by atoms with Crippen molar-refractivity contribution in [3.63, 3.8) is 0 Å². The minimum Gasteiger partial charge on any atom is -0.296 e. The Kier molecular flexibility index (Phi) is 5.36. The number of hydrogen-bond donors (Lipinski definition) is 1. The molecule has 1 N–H and O–H groups in total. The lowest BCUT2D eigenvalue weighted by Crippen LogP contribution is -2.16. The van der Waals surface area contributed by atoms with Gasteiger partial charge in [0.1, 0.15) is 11.6 Å². The molecule has 2 aromatic rings. The van der Waals surface area contributed by atoms with Gasteiger partial charge in [0.05, 0.1) is 0 Å². The molecule has 0 heterocycles. The predicted molar refractivity (Wildman–Crippen MR) is 84.0 cm³/mol. The van der Waals surface area contributed by atoms with Gasteiger partial charge in [0.25, 0.3) is 5.91 Å². The Labute approximate surface area is 134 Å². The third-order valence-corrected chi connectivity index (χ3v) is 4.11. The van der Waals surface area contributed by atoms with Crippen molar-refractivity contribution in [3.05, 3.63) is 69.2 Å². The first-order valence-electron chi connectivity index (χ1n) is 6.09. The Hall–Kier alpha value is -1.40. The third-order valence-electron chi connectivity index (χ3n) is 2.83. The molecule has 110 valence electrons. The summed E-state index contributed by atoms with van der Waals surface area (Å²) in [6.07, 6.45) is 0. The van der Waals surface area contributed by atoms with Crippen molar-refractivity contribution in [1.82, 2.24) is 4.72 Å². The summed E-state index contributed by atoms with van der Waals surface area (Å²) in [4.78, 5) is 11.9. The fraction of sp³-hybridized carbons (Fsp3) is 0.133. The summed E-state index contributed by atoms with van der Waals surface area (Å²) in [6.45, 7) is 1.59. The maximum absolute atomic E-state index is 13.6. The Bertz CT molecular complexity index is 679. The second kappa shape index (κ2) is 7.04. The van der Waals surface area contributed by atoms with Gasteiger partial charge in [-0.15, -0.1) is 0 Å². The number of aryl methyl sites for hydroxylation is 1. The first-order chi connectivity index (χ1) is 9.97. The molecular formula is C15H12BrF2NOS.